The average molecular weight is 235 g/mol. The Balaban J connectivity index is 2.41. The molecule has 1 aliphatic rings. The number of methoxy groups -OCH3 is 2. The van der Waals surface area contributed by atoms with Gasteiger partial charge in [-0.1, -0.05) is 6.92 Å². The number of ether oxygens (including phenoxy) is 2. The van der Waals surface area contributed by atoms with Crippen LogP contribution in [0.1, 0.15) is 36.9 Å². The van der Waals surface area contributed by atoms with Crippen LogP contribution in [-0.2, 0) is 6.42 Å². The Hall–Kier alpha value is -1.22. The maximum absolute atomic E-state index is 5.38. The molecule has 17 heavy (non-hydrogen) atoms. The minimum Gasteiger partial charge on any atom is -0.493 e. The normalized spacial score (nSPS) is 19.4. The van der Waals surface area contributed by atoms with Crippen LogP contribution in [0.2, 0.25) is 0 Å². The fraction of sp³-hybridized carbons (Fsp3) is 0.571. The Morgan fingerprint density at radius 3 is 2.47 bits per heavy atom. The van der Waals surface area contributed by atoms with Crippen molar-refractivity contribution in [2.75, 3.05) is 20.8 Å². The Morgan fingerprint density at radius 2 is 1.94 bits per heavy atom. The van der Waals surface area contributed by atoms with E-state index in [0.717, 1.165) is 24.5 Å². The van der Waals surface area contributed by atoms with Crippen LogP contribution in [-0.4, -0.2) is 20.8 Å². The van der Waals surface area contributed by atoms with Gasteiger partial charge in [-0.3, -0.25) is 0 Å². The number of hydrogen-bond donors (Lipinski definition) is 1. The van der Waals surface area contributed by atoms with Crippen LogP contribution in [0.4, 0.5) is 0 Å². The molecule has 2 rings (SSSR count). The summed E-state index contributed by atoms with van der Waals surface area (Å²) in [6.45, 7) is 3.29. The van der Waals surface area contributed by atoms with Gasteiger partial charge in [0.2, 0.25) is 0 Å². The molecule has 0 aromatic heterocycles. The van der Waals surface area contributed by atoms with Crippen LogP contribution in [0.25, 0.3) is 0 Å². The van der Waals surface area contributed by atoms with Crippen LogP contribution >= 0.6 is 0 Å². The lowest BCUT2D eigenvalue weighted by Gasteiger charge is -2.18. The third-order valence-corrected chi connectivity index (χ3v) is 3.46. The number of nitrogens with one attached hydrogen (secondary N) is 1. The van der Waals surface area contributed by atoms with Gasteiger partial charge in [0.05, 0.1) is 14.2 Å². The molecule has 1 aromatic rings. The second-order valence-electron chi connectivity index (χ2n) is 4.41. The first kappa shape index (κ1) is 12.2. The molecule has 0 aliphatic carbocycles. The third kappa shape index (κ3) is 2.39. The van der Waals surface area contributed by atoms with Gasteiger partial charge in [0, 0.05) is 6.04 Å². The highest BCUT2D eigenvalue weighted by atomic mass is 16.5. The van der Waals surface area contributed by atoms with Gasteiger partial charge >= 0.3 is 0 Å². The van der Waals surface area contributed by atoms with Gasteiger partial charge in [-0.25, -0.2) is 0 Å². The maximum Gasteiger partial charge on any atom is 0.161 e. The molecule has 1 fully saturated rings. The first-order chi connectivity index (χ1) is 8.30. The summed E-state index contributed by atoms with van der Waals surface area (Å²) in [5.74, 6) is 1.65. The second-order valence-corrected chi connectivity index (χ2v) is 4.41. The zero-order valence-corrected chi connectivity index (χ0v) is 10.9. The van der Waals surface area contributed by atoms with Gasteiger partial charge in [0.25, 0.3) is 0 Å². The van der Waals surface area contributed by atoms with Crippen LogP contribution in [0.5, 0.6) is 11.5 Å². The molecular weight excluding hydrogens is 214 g/mol. The zero-order chi connectivity index (χ0) is 12.3. The van der Waals surface area contributed by atoms with Gasteiger partial charge in [-0.2, -0.15) is 0 Å². The standard InChI is InChI=1S/C14H21NO2/c1-4-10-8-13(16-2)14(17-3)9-11(10)12-6-5-7-15-12/h8-9,12,15H,4-7H2,1-3H3. The van der Waals surface area contributed by atoms with E-state index in [4.69, 9.17) is 9.47 Å². The van der Waals surface area contributed by atoms with Crippen molar-refractivity contribution in [3.63, 3.8) is 0 Å². The van der Waals surface area contributed by atoms with Crippen molar-refractivity contribution < 1.29 is 9.47 Å². The average Bonchev–Trinajstić information content (AvgIpc) is 2.90. The van der Waals surface area contributed by atoms with E-state index in [1.165, 1.54) is 24.0 Å². The summed E-state index contributed by atoms with van der Waals surface area (Å²) in [6, 6.07) is 4.71. The molecule has 1 aromatic carbocycles. The molecule has 1 atom stereocenters. The van der Waals surface area contributed by atoms with E-state index < -0.39 is 0 Å². The minimum atomic E-state index is 0.477. The van der Waals surface area contributed by atoms with E-state index in [9.17, 15) is 0 Å². The number of aryl methyl sites for hydroxylation is 1. The lowest BCUT2D eigenvalue weighted by molar-refractivity contribution is 0.353. The summed E-state index contributed by atoms with van der Waals surface area (Å²) in [4.78, 5) is 0. The highest BCUT2D eigenvalue weighted by molar-refractivity contribution is 5.48. The van der Waals surface area contributed by atoms with Gasteiger partial charge in [0.15, 0.2) is 11.5 Å². The van der Waals surface area contributed by atoms with Crippen molar-refractivity contribution in [2.45, 2.75) is 32.2 Å². The minimum absolute atomic E-state index is 0.477. The molecule has 0 radical (unpaired) electrons. The Kier molecular flexibility index (Phi) is 3.89. The summed E-state index contributed by atoms with van der Waals surface area (Å²) >= 11 is 0. The van der Waals surface area contributed by atoms with Crippen molar-refractivity contribution in [1.29, 1.82) is 0 Å². The monoisotopic (exact) mass is 235 g/mol. The Bertz CT molecular complexity index is 384. The molecule has 0 bridgehead atoms. The molecule has 0 amide bonds. The summed E-state index contributed by atoms with van der Waals surface area (Å²) in [5.41, 5.74) is 2.71. The Morgan fingerprint density at radius 1 is 1.24 bits per heavy atom. The predicted molar refractivity (Wildman–Crippen MR) is 68.9 cm³/mol. The molecule has 1 heterocycles. The van der Waals surface area contributed by atoms with E-state index >= 15 is 0 Å². The third-order valence-electron chi connectivity index (χ3n) is 3.46. The van der Waals surface area contributed by atoms with E-state index in [-0.39, 0.29) is 0 Å². The molecule has 1 unspecified atom stereocenters. The highest BCUT2D eigenvalue weighted by Crippen LogP contribution is 2.35. The summed E-state index contributed by atoms with van der Waals surface area (Å²) in [6.07, 6.45) is 3.48. The SMILES string of the molecule is CCc1cc(OC)c(OC)cc1C1CCCN1. The van der Waals surface area contributed by atoms with Crippen molar-refractivity contribution in [2.24, 2.45) is 0 Å². The van der Waals surface area contributed by atoms with Crippen molar-refractivity contribution in [1.82, 2.24) is 5.32 Å². The van der Waals surface area contributed by atoms with Gasteiger partial charge in [0.1, 0.15) is 0 Å². The highest BCUT2D eigenvalue weighted by Gasteiger charge is 2.21. The summed E-state index contributed by atoms with van der Waals surface area (Å²) in [5, 5.41) is 3.54. The molecule has 94 valence electrons. The second kappa shape index (κ2) is 5.41. The van der Waals surface area contributed by atoms with Crippen molar-refractivity contribution >= 4 is 0 Å². The number of benzene rings is 1. The van der Waals surface area contributed by atoms with Gasteiger partial charge in [-0.05, 0) is 49.1 Å². The van der Waals surface area contributed by atoms with E-state index in [1.807, 2.05) is 0 Å². The molecular formula is C14H21NO2. The Labute approximate surface area is 103 Å². The van der Waals surface area contributed by atoms with Gasteiger partial charge in [-0.15, -0.1) is 0 Å². The van der Waals surface area contributed by atoms with E-state index in [0.29, 0.717) is 6.04 Å². The van der Waals surface area contributed by atoms with Crippen LogP contribution in [0.3, 0.4) is 0 Å². The van der Waals surface area contributed by atoms with Gasteiger partial charge < -0.3 is 14.8 Å². The van der Waals surface area contributed by atoms with E-state index in [2.05, 4.69) is 24.4 Å². The lowest BCUT2D eigenvalue weighted by Crippen LogP contribution is -2.15. The lowest BCUT2D eigenvalue weighted by atomic mass is 9.96. The van der Waals surface area contributed by atoms with E-state index in [1.54, 1.807) is 14.2 Å². The molecule has 1 aliphatic heterocycles. The van der Waals surface area contributed by atoms with Crippen LogP contribution < -0.4 is 14.8 Å². The largest absolute Gasteiger partial charge is 0.493 e. The molecule has 0 saturated carbocycles. The predicted octanol–water partition coefficient (Wildman–Crippen LogP) is 2.69. The summed E-state index contributed by atoms with van der Waals surface area (Å²) in [7, 11) is 3.38. The smallest absolute Gasteiger partial charge is 0.161 e. The topological polar surface area (TPSA) is 30.5 Å². The van der Waals surface area contributed by atoms with Crippen molar-refractivity contribution in [3.8, 4) is 11.5 Å². The molecule has 0 spiro atoms. The number of hydrogen-bond acceptors (Lipinski definition) is 3. The zero-order valence-electron chi connectivity index (χ0n) is 10.9. The van der Waals surface area contributed by atoms with Crippen LogP contribution in [0, 0.1) is 0 Å². The van der Waals surface area contributed by atoms with Crippen molar-refractivity contribution in [3.05, 3.63) is 23.3 Å². The van der Waals surface area contributed by atoms with Crippen LogP contribution in [0.15, 0.2) is 12.1 Å². The first-order valence-electron chi connectivity index (χ1n) is 6.28. The molecule has 3 nitrogen and oxygen atoms in total. The quantitative estimate of drug-likeness (QED) is 0.870. The molecule has 1 N–H and O–H groups in total. The maximum atomic E-state index is 5.38. The number of rotatable bonds is 4. The summed E-state index contributed by atoms with van der Waals surface area (Å²) < 4.78 is 10.7. The first-order valence-corrected chi connectivity index (χ1v) is 6.28. The fourth-order valence-electron chi connectivity index (χ4n) is 2.52. The fourth-order valence-corrected chi connectivity index (χ4v) is 2.52. The molecule has 3 heteroatoms. The molecule has 1 saturated heterocycles.